The standard InChI is InChI=1S/C15H17ClO2S/c1-4-11-9-15(19(16,17)18)14-8-6-12(10(2)3)5-7-13(11)14/h5-10H,4H2,1-3H3. The highest BCUT2D eigenvalue weighted by Crippen LogP contribution is 2.37. The van der Waals surface area contributed by atoms with Gasteiger partial charge in [-0.25, -0.2) is 8.42 Å². The maximum Gasteiger partial charge on any atom is 0.261 e. The molecule has 2 rings (SSSR count). The predicted octanol–water partition coefficient (Wildman–Crippen LogP) is 4.40. The van der Waals surface area contributed by atoms with Crippen molar-refractivity contribution in [3.8, 4) is 11.1 Å². The zero-order valence-electron chi connectivity index (χ0n) is 11.3. The summed E-state index contributed by atoms with van der Waals surface area (Å²) >= 11 is 0. The molecule has 0 aliphatic heterocycles. The molecule has 0 atom stereocenters. The molecule has 0 aromatic carbocycles. The zero-order valence-corrected chi connectivity index (χ0v) is 12.8. The van der Waals surface area contributed by atoms with Crippen molar-refractivity contribution in [2.24, 2.45) is 0 Å². The van der Waals surface area contributed by atoms with Crippen LogP contribution in [0, 0.1) is 0 Å². The van der Waals surface area contributed by atoms with Crippen LogP contribution in [0.5, 0.6) is 0 Å². The van der Waals surface area contributed by atoms with E-state index in [0.717, 1.165) is 17.5 Å². The normalized spacial score (nSPS) is 12.3. The lowest BCUT2D eigenvalue weighted by Gasteiger charge is -1.99. The van der Waals surface area contributed by atoms with Crippen molar-refractivity contribution in [3.05, 3.63) is 41.5 Å². The lowest BCUT2D eigenvalue weighted by Crippen LogP contribution is -1.88. The van der Waals surface area contributed by atoms with Crippen LogP contribution in [0.1, 0.15) is 37.8 Å². The lowest BCUT2D eigenvalue weighted by molar-refractivity contribution is 0.610. The van der Waals surface area contributed by atoms with Crippen molar-refractivity contribution in [1.29, 1.82) is 0 Å². The topological polar surface area (TPSA) is 34.1 Å². The van der Waals surface area contributed by atoms with Crippen LogP contribution >= 0.6 is 10.7 Å². The maximum atomic E-state index is 11.7. The van der Waals surface area contributed by atoms with Gasteiger partial charge in [-0.05, 0) is 35.1 Å². The Labute approximate surface area is 119 Å². The molecule has 0 aromatic heterocycles. The molecule has 0 radical (unpaired) electrons. The zero-order chi connectivity index (χ0) is 14.2. The molecule has 2 aliphatic rings. The Balaban J connectivity index is 2.77. The third-order valence-corrected chi connectivity index (χ3v) is 4.76. The summed E-state index contributed by atoms with van der Waals surface area (Å²) in [5.41, 5.74) is 3.86. The minimum Gasteiger partial charge on any atom is -0.207 e. The van der Waals surface area contributed by atoms with E-state index >= 15 is 0 Å². The summed E-state index contributed by atoms with van der Waals surface area (Å²) < 4.78 is 23.3. The van der Waals surface area contributed by atoms with Crippen LogP contribution in [0.4, 0.5) is 0 Å². The monoisotopic (exact) mass is 296 g/mol. The van der Waals surface area contributed by atoms with E-state index in [1.54, 1.807) is 6.07 Å². The van der Waals surface area contributed by atoms with Crippen LogP contribution in [0.25, 0.3) is 11.1 Å². The number of halogens is 1. The van der Waals surface area contributed by atoms with E-state index in [1.807, 2.05) is 25.1 Å². The van der Waals surface area contributed by atoms with E-state index in [-0.39, 0.29) is 4.90 Å². The van der Waals surface area contributed by atoms with Crippen LogP contribution in [-0.2, 0) is 15.5 Å². The van der Waals surface area contributed by atoms with E-state index in [4.69, 9.17) is 10.7 Å². The third kappa shape index (κ3) is 2.77. The van der Waals surface area contributed by atoms with E-state index < -0.39 is 9.05 Å². The summed E-state index contributed by atoms with van der Waals surface area (Å²) in [7, 11) is 1.82. The lowest BCUT2D eigenvalue weighted by atomic mass is 10.1. The minimum absolute atomic E-state index is 0.215. The van der Waals surface area contributed by atoms with Crippen molar-refractivity contribution in [1.82, 2.24) is 0 Å². The first-order chi connectivity index (χ1) is 8.84. The smallest absolute Gasteiger partial charge is 0.207 e. The summed E-state index contributed by atoms with van der Waals surface area (Å²) in [5.74, 6) is 0.401. The average molecular weight is 297 g/mol. The molecule has 0 amide bonds. The van der Waals surface area contributed by atoms with Crippen LogP contribution in [0.3, 0.4) is 0 Å². The summed E-state index contributed by atoms with van der Waals surface area (Å²) in [6, 6.07) is 9.56. The van der Waals surface area contributed by atoms with Gasteiger partial charge in [-0.15, -0.1) is 0 Å². The number of aryl methyl sites for hydroxylation is 1. The highest BCUT2D eigenvalue weighted by Gasteiger charge is 2.22. The summed E-state index contributed by atoms with van der Waals surface area (Å²) in [6.07, 6.45) is 0.782. The molecular weight excluding hydrogens is 280 g/mol. The largest absolute Gasteiger partial charge is 0.261 e. The second kappa shape index (κ2) is 5.14. The van der Waals surface area contributed by atoms with Gasteiger partial charge < -0.3 is 0 Å². The Bertz CT molecular complexity index is 675. The van der Waals surface area contributed by atoms with Crippen molar-refractivity contribution in [2.45, 2.75) is 38.0 Å². The number of hydrogen-bond acceptors (Lipinski definition) is 2. The summed E-state index contributed by atoms with van der Waals surface area (Å²) in [5, 5.41) is 0. The van der Waals surface area contributed by atoms with Gasteiger partial charge in [0.1, 0.15) is 0 Å². The van der Waals surface area contributed by atoms with Gasteiger partial charge in [0.25, 0.3) is 9.05 Å². The van der Waals surface area contributed by atoms with Gasteiger partial charge >= 0.3 is 0 Å². The van der Waals surface area contributed by atoms with Crippen molar-refractivity contribution >= 4 is 19.7 Å². The minimum atomic E-state index is -3.71. The predicted molar refractivity (Wildman–Crippen MR) is 79.6 cm³/mol. The second-order valence-electron chi connectivity index (χ2n) is 4.97. The molecule has 4 heteroatoms. The highest BCUT2D eigenvalue weighted by molar-refractivity contribution is 8.13. The van der Waals surface area contributed by atoms with Crippen LogP contribution in [0.15, 0.2) is 35.2 Å². The first-order valence-electron chi connectivity index (χ1n) is 6.34. The average Bonchev–Trinajstić information content (AvgIpc) is 2.52. The van der Waals surface area contributed by atoms with E-state index in [0.29, 0.717) is 11.5 Å². The van der Waals surface area contributed by atoms with Gasteiger partial charge in [-0.2, -0.15) is 0 Å². The molecule has 2 nitrogen and oxygen atoms in total. The molecule has 0 heterocycles. The number of rotatable bonds is 3. The number of fused-ring (bicyclic) bond motifs is 1. The molecule has 0 bridgehead atoms. The quantitative estimate of drug-likeness (QED) is 0.787. The van der Waals surface area contributed by atoms with Gasteiger partial charge in [0.05, 0.1) is 4.90 Å². The second-order valence-corrected chi connectivity index (χ2v) is 7.51. The molecule has 0 unspecified atom stereocenters. The Morgan fingerprint density at radius 2 is 1.68 bits per heavy atom. The molecule has 0 fully saturated rings. The van der Waals surface area contributed by atoms with Crippen molar-refractivity contribution in [3.63, 3.8) is 0 Å². The first kappa shape index (κ1) is 14.4. The fourth-order valence-corrected chi connectivity index (χ4v) is 3.39. The maximum absolute atomic E-state index is 11.7. The van der Waals surface area contributed by atoms with Gasteiger partial charge in [0.15, 0.2) is 0 Å². The van der Waals surface area contributed by atoms with E-state index in [9.17, 15) is 8.42 Å². The molecule has 0 saturated carbocycles. The first-order valence-corrected chi connectivity index (χ1v) is 8.65. The molecule has 0 aromatic rings. The Hall–Kier alpha value is -1.06. The molecule has 2 aliphatic carbocycles. The van der Waals surface area contributed by atoms with Crippen LogP contribution < -0.4 is 0 Å². The SMILES string of the molecule is CCc1cc(S(=O)(=O)Cl)c2ccc(C(C)C)ccc1-2. The van der Waals surface area contributed by atoms with E-state index in [2.05, 4.69) is 19.9 Å². The van der Waals surface area contributed by atoms with Gasteiger partial charge in [-0.1, -0.05) is 45.0 Å². The molecule has 19 heavy (non-hydrogen) atoms. The van der Waals surface area contributed by atoms with Crippen molar-refractivity contribution in [2.75, 3.05) is 0 Å². The van der Waals surface area contributed by atoms with E-state index in [1.165, 1.54) is 5.56 Å². The Morgan fingerprint density at radius 1 is 1.11 bits per heavy atom. The van der Waals surface area contributed by atoms with Crippen LogP contribution in [0.2, 0.25) is 0 Å². The van der Waals surface area contributed by atoms with Gasteiger partial charge in [0.2, 0.25) is 0 Å². The molecule has 0 N–H and O–H groups in total. The highest BCUT2D eigenvalue weighted by atomic mass is 35.7. The third-order valence-electron chi connectivity index (χ3n) is 3.40. The fraction of sp³-hybridized carbons (Fsp3) is 0.333. The van der Waals surface area contributed by atoms with Gasteiger partial charge in [-0.3, -0.25) is 0 Å². The number of hydrogen-bond donors (Lipinski definition) is 0. The summed E-state index contributed by atoms with van der Waals surface area (Å²) in [4.78, 5) is 0.215. The van der Waals surface area contributed by atoms with Gasteiger partial charge in [0, 0.05) is 16.2 Å². The summed E-state index contributed by atoms with van der Waals surface area (Å²) in [6.45, 7) is 6.23. The molecular formula is C15H17ClO2S. The Morgan fingerprint density at radius 3 is 2.16 bits per heavy atom. The Kier molecular flexibility index (Phi) is 3.88. The molecule has 0 saturated heterocycles. The fourth-order valence-electron chi connectivity index (χ4n) is 2.28. The molecule has 102 valence electrons. The van der Waals surface area contributed by atoms with Crippen molar-refractivity contribution < 1.29 is 8.42 Å². The molecule has 0 spiro atoms. The van der Waals surface area contributed by atoms with Crippen LogP contribution in [-0.4, -0.2) is 8.42 Å².